The van der Waals surface area contributed by atoms with E-state index in [9.17, 15) is 4.39 Å². The van der Waals surface area contributed by atoms with Gasteiger partial charge in [-0.25, -0.2) is 9.37 Å². The van der Waals surface area contributed by atoms with Crippen LogP contribution in [-0.2, 0) is 0 Å². The average Bonchev–Trinajstić information content (AvgIpc) is 2.41. The van der Waals surface area contributed by atoms with Crippen molar-refractivity contribution in [2.24, 2.45) is 0 Å². The minimum atomic E-state index is -0.340. The summed E-state index contributed by atoms with van der Waals surface area (Å²) in [6.45, 7) is 0. The highest BCUT2D eigenvalue weighted by atomic mass is 79.9. The van der Waals surface area contributed by atoms with Crippen LogP contribution in [0.5, 0.6) is 0 Å². The highest BCUT2D eigenvalue weighted by Crippen LogP contribution is 2.21. The SMILES string of the molecule is Nc1cnc2c(Br)c(F)ccn12. The van der Waals surface area contributed by atoms with Crippen molar-refractivity contribution in [1.82, 2.24) is 9.38 Å². The molecule has 5 heteroatoms. The van der Waals surface area contributed by atoms with Gasteiger partial charge in [0.2, 0.25) is 0 Å². The maximum Gasteiger partial charge on any atom is 0.155 e. The molecule has 12 heavy (non-hydrogen) atoms. The number of anilines is 1. The number of halogens is 2. The zero-order valence-electron chi connectivity index (χ0n) is 5.96. The highest BCUT2D eigenvalue weighted by Gasteiger charge is 2.07. The first-order valence-electron chi connectivity index (χ1n) is 3.26. The van der Waals surface area contributed by atoms with Crippen molar-refractivity contribution in [3.8, 4) is 0 Å². The van der Waals surface area contributed by atoms with Crippen LogP contribution in [0.4, 0.5) is 10.2 Å². The van der Waals surface area contributed by atoms with Crippen LogP contribution in [0.2, 0.25) is 0 Å². The first kappa shape index (κ1) is 7.54. The first-order chi connectivity index (χ1) is 5.70. The molecule has 0 unspecified atom stereocenters. The van der Waals surface area contributed by atoms with E-state index in [0.29, 0.717) is 15.9 Å². The van der Waals surface area contributed by atoms with Gasteiger partial charge in [0.25, 0.3) is 0 Å². The van der Waals surface area contributed by atoms with Crippen LogP contribution in [-0.4, -0.2) is 9.38 Å². The molecule has 0 spiro atoms. The maximum atomic E-state index is 12.9. The Hall–Kier alpha value is -1.10. The van der Waals surface area contributed by atoms with Crippen LogP contribution in [0.3, 0.4) is 0 Å². The molecule has 2 N–H and O–H groups in total. The van der Waals surface area contributed by atoms with E-state index < -0.39 is 0 Å². The molecule has 2 heterocycles. The fourth-order valence-corrected chi connectivity index (χ4v) is 1.44. The average molecular weight is 230 g/mol. The predicted octanol–water partition coefficient (Wildman–Crippen LogP) is 1.82. The molecule has 62 valence electrons. The molecule has 0 radical (unpaired) electrons. The Morgan fingerprint density at radius 3 is 3.08 bits per heavy atom. The Labute approximate surface area is 76.1 Å². The fourth-order valence-electron chi connectivity index (χ4n) is 1.01. The summed E-state index contributed by atoms with van der Waals surface area (Å²) in [5.74, 6) is 0.152. The van der Waals surface area contributed by atoms with E-state index in [4.69, 9.17) is 5.73 Å². The van der Waals surface area contributed by atoms with Gasteiger partial charge in [-0.05, 0) is 22.0 Å². The Kier molecular flexibility index (Phi) is 1.54. The molecule has 0 aliphatic rings. The monoisotopic (exact) mass is 229 g/mol. The third-order valence-electron chi connectivity index (χ3n) is 1.60. The number of rotatable bonds is 0. The van der Waals surface area contributed by atoms with Crippen molar-refractivity contribution in [2.75, 3.05) is 5.73 Å². The van der Waals surface area contributed by atoms with Gasteiger partial charge >= 0.3 is 0 Å². The number of hydrogen-bond acceptors (Lipinski definition) is 2. The van der Waals surface area contributed by atoms with Crippen molar-refractivity contribution in [2.45, 2.75) is 0 Å². The summed E-state index contributed by atoms with van der Waals surface area (Å²) in [7, 11) is 0. The van der Waals surface area contributed by atoms with Gasteiger partial charge in [-0.15, -0.1) is 0 Å². The van der Waals surface area contributed by atoms with Crippen LogP contribution in [0, 0.1) is 5.82 Å². The van der Waals surface area contributed by atoms with E-state index in [1.54, 1.807) is 4.40 Å². The lowest BCUT2D eigenvalue weighted by Gasteiger charge is -1.98. The topological polar surface area (TPSA) is 43.3 Å². The molecule has 3 nitrogen and oxygen atoms in total. The van der Waals surface area contributed by atoms with Crippen molar-refractivity contribution >= 4 is 27.4 Å². The van der Waals surface area contributed by atoms with E-state index in [1.807, 2.05) is 0 Å². The van der Waals surface area contributed by atoms with Gasteiger partial charge in [0.1, 0.15) is 11.6 Å². The van der Waals surface area contributed by atoms with Gasteiger partial charge < -0.3 is 5.73 Å². The van der Waals surface area contributed by atoms with Crippen LogP contribution < -0.4 is 5.73 Å². The minimum absolute atomic E-state index is 0.335. The molecule has 0 saturated carbocycles. The van der Waals surface area contributed by atoms with Crippen LogP contribution in [0.1, 0.15) is 0 Å². The third-order valence-corrected chi connectivity index (χ3v) is 2.33. The summed E-state index contributed by atoms with van der Waals surface area (Å²) in [5.41, 5.74) is 6.05. The summed E-state index contributed by atoms with van der Waals surface area (Å²) in [6.07, 6.45) is 3.03. The van der Waals surface area contributed by atoms with Crippen molar-refractivity contribution in [1.29, 1.82) is 0 Å². The lowest BCUT2D eigenvalue weighted by atomic mass is 10.4. The van der Waals surface area contributed by atoms with Crippen molar-refractivity contribution < 1.29 is 4.39 Å². The van der Waals surface area contributed by atoms with Crippen molar-refractivity contribution in [3.05, 3.63) is 28.7 Å². The van der Waals surface area contributed by atoms with E-state index >= 15 is 0 Å². The van der Waals surface area contributed by atoms with Gasteiger partial charge in [0.15, 0.2) is 5.65 Å². The van der Waals surface area contributed by atoms with Crippen molar-refractivity contribution in [3.63, 3.8) is 0 Å². The zero-order valence-corrected chi connectivity index (χ0v) is 7.55. The van der Waals surface area contributed by atoms with Gasteiger partial charge in [-0.1, -0.05) is 0 Å². The molecule has 0 amide bonds. The molecule has 0 fully saturated rings. The number of fused-ring (bicyclic) bond motifs is 1. The molecular formula is C7H5BrFN3. The third kappa shape index (κ3) is 0.896. The number of nitrogens with two attached hydrogens (primary N) is 1. The number of nitrogen functional groups attached to an aromatic ring is 1. The Morgan fingerprint density at radius 2 is 2.33 bits per heavy atom. The van der Waals surface area contributed by atoms with Gasteiger partial charge in [0.05, 0.1) is 10.7 Å². The number of imidazole rings is 1. The second-order valence-corrected chi connectivity index (χ2v) is 3.15. The van der Waals surface area contributed by atoms with Gasteiger partial charge in [-0.3, -0.25) is 4.40 Å². The lowest BCUT2D eigenvalue weighted by Crippen LogP contribution is -1.93. The molecule has 0 saturated heterocycles. The molecule has 0 bridgehead atoms. The first-order valence-corrected chi connectivity index (χ1v) is 4.06. The molecule has 2 aromatic heterocycles. The van der Waals surface area contributed by atoms with E-state index in [-0.39, 0.29) is 5.82 Å². The highest BCUT2D eigenvalue weighted by molar-refractivity contribution is 9.10. The Bertz CT molecular complexity index is 437. The number of nitrogens with zero attached hydrogens (tertiary/aromatic N) is 2. The summed E-state index contributed by atoms with van der Waals surface area (Å²) >= 11 is 3.08. The zero-order chi connectivity index (χ0) is 8.72. The minimum Gasteiger partial charge on any atom is -0.383 e. The molecule has 2 rings (SSSR count). The summed E-state index contributed by atoms with van der Waals surface area (Å²) in [5, 5.41) is 0. The van der Waals surface area contributed by atoms with E-state index in [1.165, 1.54) is 18.5 Å². The fraction of sp³-hybridized carbons (Fsp3) is 0. The van der Waals surface area contributed by atoms with Crippen LogP contribution >= 0.6 is 15.9 Å². The predicted molar refractivity (Wildman–Crippen MR) is 47.3 cm³/mol. The molecule has 2 aromatic rings. The molecule has 0 aliphatic carbocycles. The summed E-state index contributed by atoms with van der Waals surface area (Å²) < 4.78 is 14.9. The van der Waals surface area contributed by atoms with E-state index in [0.717, 1.165) is 0 Å². The smallest absolute Gasteiger partial charge is 0.155 e. The molecule has 0 aromatic carbocycles. The second kappa shape index (κ2) is 2.45. The van der Waals surface area contributed by atoms with Gasteiger partial charge in [-0.2, -0.15) is 0 Å². The van der Waals surface area contributed by atoms with Crippen LogP contribution in [0.25, 0.3) is 5.65 Å². The quantitative estimate of drug-likeness (QED) is 0.749. The largest absolute Gasteiger partial charge is 0.383 e. The molecule has 0 aliphatic heterocycles. The van der Waals surface area contributed by atoms with E-state index in [2.05, 4.69) is 20.9 Å². The number of hydrogen-bond donors (Lipinski definition) is 1. The molecular weight excluding hydrogens is 225 g/mol. The summed E-state index contributed by atoms with van der Waals surface area (Å²) in [4.78, 5) is 3.93. The Morgan fingerprint density at radius 1 is 1.58 bits per heavy atom. The maximum absolute atomic E-state index is 12.9. The Balaban J connectivity index is 2.93. The normalized spacial score (nSPS) is 10.8. The van der Waals surface area contributed by atoms with Crippen LogP contribution in [0.15, 0.2) is 22.9 Å². The number of pyridine rings is 1. The standard InChI is InChI=1S/C7H5BrFN3/c8-6-4(9)1-2-12-5(10)3-11-7(6)12/h1-3H,10H2. The molecule has 0 atom stereocenters. The number of aromatic nitrogens is 2. The second-order valence-electron chi connectivity index (χ2n) is 2.35. The lowest BCUT2D eigenvalue weighted by molar-refractivity contribution is 0.620. The van der Waals surface area contributed by atoms with Gasteiger partial charge in [0, 0.05) is 6.20 Å². The summed E-state index contributed by atoms with van der Waals surface area (Å²) in [6, 6.07) is 1.33.